The number of urea groups is 1. The molecule has 2 N–H and O–H groups in total. The molecule has 0 aromatic heterocycles. The maximum absolute atomic E-state index is 13.8. The summed E-state index contributed by atoms with van der Waals surface area (Å²) in [5.41, 5.74) is -0.728. The molecule has 0 aliphatic carbocycles. The maximum atomic E-state index is 13.8. The summed E-state index contributed by atoms with van der Waals surface area (Å²) in [7, 11) is 0. The van der Waals surface area contributed by atoms with Crippen LogP contribution in [-0.4, -0.2) is 45.4 Å². The number of aliphatic carboxylic acids is 1. The fraction of sp³-hybridized carbons (Fsp3) is 0.172. The Morgan fingerprint density at radius 1 is 0.921 bits per heavy atom. The molecule has 8 nitrogen and oxygen atoms in total. The second-order valence-corrected chi connectivity index (χ2v) is 9.37. The Balaban J connectivity index is 1.61. The minimum absolute atomic E-state index is 0.232. The van der Waals surface area contributed by atoms with Gasteiger partial charge in [-0.25, -0.2) is 18.9 Å². The minimum atomic E-state index is -2.06. The number of likely N-dealkylation sites (tertiary alicyclic amines) is 1. The van der Waals surface area contributed by atoms with Gasteiger partial charge in [0.1, 0.15) is 5.82 Å². The molecule has 3 aromatic rings. The van der Waals surface area contributed by atoms with E-state index < -0.39 is 53.0 Å². The normalized spacial score (nSPS) is 24.6. The zero-order valence-electron chi connectivity index (χ0n) is 20.3. The van der Waals surface area contributed by atoms with E-state index in [1.165, 1.54) is 19.1 Å². The number of nitrogens with zero attached hydrogens (tertiary/aromatic N) is 2. The zero-order chi connectivity index (χ0) is 27.0. The van der Waals surface area contributed by atoms with Crippen LogP contribution in [0.5, 0.6) is 0 Å². The van der Waals surface area contributed by atoms with Crippen molar-refractivity contribution in [1.29, 1.82) is 0 Å². The van der Waals surface area contributed by atoms with Crippen molar-refractivity contribution in [2.75, 3.05) is 10.2 Å². The molecule has 0 saturated carbocycles. The predicted molar refractivity (Wildman–Crippen MR) is 138 cm³/mol. The monoisotopic (exact) mass is 513 g/mol. The molecule has 38 heavy (non-hydrogen) atoms. The lowest BCUT2D eigenvalue weighted by Crippen LogP contribution is -2.59. The van der Waals surface area contributed by atoms with E-state index in [-0.39, 0.29) is 5.69 Å². The van der Waals surface area contributed by atoms with Gasteiger partial charge < -0.3 is 15.3 Å². The van der Waals surface area contributed by atoms with Crippen LogP contribution in [0.1, 0.15) is 12.5 Å². The number of benzene rings is 3. The summed E-state index contributed by atoms with van der Waals surface area (Å²) < 4.78 is 13.4. The number of carbonyl (C=O) groups excluding carboxylic acids is 3. The lowest BCUT2D eigenvalue weighted by molar-refractivity contribution is -0.151. The third kappa shape index (κ3) is 4.02. The van der Waals surface area contributed by atoms with Crippen LogP contribution < -0.4 is 10.2 Å². The van der Waals surface area contributed by atoms with Crippen molar-refractivity contribution in [2.45, 2.75) is 18.5 Å². The Morgan fingerprint density at radius 2 is 1.53 bits per heavy atom. The van der Waals surface area contributed by atoms with Gasteiger partial charge in [0, 0.05) is 5.69 Å². The molecule has 2 heterocycles. The van der Waals surface area contributed by atoms with E-state index in [4.69, 9.17) is 0 Å². The van der Waals surface area contributed by atoms with E-state index in [9.17, 15) is 28.7 Å². The second kappa shape index (κ2) is 9.59. The lowest BCUT2D eigenvalue weighted by Gasteiger charge is -2.37. The number of hydrogen-bond donors (Lipinski definition) is 2. The van der Waals surface area contributed by atoms with Crippen molar-refractivity contribution in [2.24, 2.45) is 11.8 Å². The Hall–Kier alpha value is -4.79. The average Bonchev–Trinajstić information content (AvgIpc) is 3.34. The van der Waals surface area contributed by atoms with Crippen LogP contribution in [-0.2, 0) is 14.4 Å². The van der Waals surface area contributed by atoms with Gasteiger partial charge in [-0.3, -0.25) is 9.59 Å². The van der Waals surface area contributed by atoms with E-state index >= 15 is 0 Å². The highest BCUT2D eigenvalue weighted by molar-refractivity contribution is 6.24. The van der Waals surface area contributed by atoms with E-state index in [0.29, 0.717) is 5.69 Å². The van der Waals surface area contributed by atoms with Crippen molar-refractivity contribution < 1.29 is 28.7 Å². The number of rotatable bonds is 5. The number of anilines is 2. The molecule has 5 rings (SSSR count). The number of imide groups is 1. The van der Waals surface area contributed by atoms with E-state index in [1.54, 1.807) is 42.5 Å². The van der Waals surface area contributed by atoms with Gasteiger partial charge >= 0.3 is 12.0 Å². The van der Waals surface area contributed by atoms with Gasteiger partial charge in [-0.1, -0.05) is 60.7 Å². The first-order valence-corrected chi connectivity index (χ1v) is 12.0. The SMILES string of the molecule is CC1(C(=O)O)C2C(=O)N(c3ccccc3)C(=O)C2C(C=Cc2ccccc2)N1C(=O)Nc1ccc(F)cc1. The molecular weight excluding hydrogens is 489 g/mol. The molecule has 4 atom stereocenters. The van der Waals surface area contributed by atoms with Crippen molar-refractivity contribution in [3.8, 4) is 0 Å². The Labute approximate surface area is 218 Å². The van der Waals surface area contributed by atoms with E-state index in [2.05, 4.69) is 5.32 Å². The van der Waals surface area contributed by atoms with Crippen LogP contribution in [0.2, 0.25) is 0 Å². The number of amides is 4. The summed E-state index contributed by atoms with van der Waals surface area (Å²) in [4.78, 5) is 56.0. The first-order chi connectivity index (χ1) is 18.2. The van der Waals surface area contributed by atoms with Crippen molar-refractivity contribution in [3.63, 3.8) is 0 Å². The highest BCUT2D eigenvalue weighted by Gasteiger charge is 2.71. The first-order valence-electron chi connectivity index (χ1n) is 12.0. The number of nitrogens with one attached hydrogen (secondary N) is 1. The van der Waals surface area contributed by atoms with Gasteiger partial charge in [0.15, 0.2) is 5.54 Å². The number of carboxylic acid groups (broad SMARTS) is 1. The fourth-order valence-corrected chi connectivity index (χ4v) is 5.36. The van der Waals surface area contributed by atoms with Gasteiger partial charge in [0.05, 0.1) is 23.6 Å². The molecule has 2 fully saturated rings. The molecule has 0 radical (unpaired) electrons. The standard InChI is InChI=1S/C29H24FN3O5/c1-29(27(36)37)24-23(25(34)32(26(24)35)21-10-6-3-7-11-21)22(17-12-18-8-4-2-5-9-18)33(29)28(38)31-20-15-13-19(30)14-16-20/h2-17,22-24H,1H3,(H,31,38)(H,36,37). The quantitative estimate of drug-likeness (QED) is 0.492. The highest BCUT2D eigenvalue weighted by atomic mass is 19.1. The summed E-state index contributed by atoms with van der Waals surface area (Å²) in [6, 6.07) is 20.5. The van der Waals surface area contributed by atoms with Gasteiger partial charge in [0.2, 0.25) is 11.8 Å². The lowest BCUT2D eigenvalue weighted by atomic mass is 9.81. The van der Waals surface area contributed by atoms with Crippen LogP contribution in [0.25, 0.3) is 6.08 Å². The number of carboxylic acids is 1. The average molecular weight is 514 g/mol. The number of hydrogen-bond acceptors (Lipinski definition) is 4. The molecule has 2 aliphatic rings. The Bertz CT molecular complexity index is 1430. The van der Waals surface area contributed by atoms with Crippen molar-refractivity contribution in [1.82, 2.24) is 4.90 Å². The third-order valence-corrected chi connectivity index (χ3v) is 7.17. The number of halogens is 1. The summed E-state index contributed by atoms with van der Waals surface area (Å²) in [5.74, 6) is -5.67. The number of fused-ring (bicyclic) bond motifs is 1. The van der Waals surface area contributed by atoms with Crippen LogP contribution in [0.15, 0.2) is 91.0 Å². The summed E-state index contributed by atoms with van der Waals surface area (Å²) in [6.45, 7) is 1.28. The van der Waals surface area contributed by atoms with Gasteiger partial charge in [0.25, 0.3) is 0 Å². The maximum Gasteiger partial charge on any atom is 0.330 e. The molecule has 2 aliphatic heterocycles. The molecule has 192 valence electrons. The zero-order valence-corrected chi connectivity index (χ0v) is 20.3. The molecule has 3 aromatic carbocycles. The van der Waals surface area contributed by atoms with Crippen LogP contribution >= 0.6 is 0 Å². The molecule has 0 spiro atoms. The second-order valence-electron chi connectivity index (χ2n) is 9.37. The molecular formula is C29H24FN3O5. The topological polar surface area (TPSA) is 107 Å². The van der Waals surface area contributed by atoms with Gasteiger partial charge in [-0.05, 0) is 48.9 Å². The first kappa shape index (κ1) is 24.9. The number of carbonyl (C=O) groups is 4. The Kier molecular flexibility index (Phi) is 6.28. The molecule has 4 amide bonds. The van der Waals surface area contributed by atoms with Gasteiger partial charge in [-0.15, -0.1) is 0 Å². The number of para-hydroxylation sites is 1. The minimum Gasteiger partial charge on any atom is -0.479 e. The van der Waals surface area contributed by atoms with Gasteiger partial charge in [-0.2, -0.15) is 0 Å². The highest BCUT2D eigenvalue weighted by Crippen LogP contribution is 2.50. The smallest absolute Gasteiger partial charge is 0.330 e. The largest absolute Gasteiger partial charge is 0.479 e. The van der Waals surface area contributed by atoms with E-state index in [1.807, 2.05) is 30.3 Å². The summed E-state index contributed by atoms with van der Waals surface area (Å²) in [5, 5.41) is 13.0. The van der Waals surface area contributed by atoms with Crippen LogP contribution in [0.3, 0.4) is 0 Å². The third-order valence-electron chi connectivity index (χ3n) is 7.17. The molecule has 2 saturated heterocycles. The predicted octanol–water partition coefficient (Wildman–Crippen LogP) is 4.40. The van der Waals surface area contributed by atoms with E-state index in [0.717, 1.165) is 27.5 Å². The molecule has 0 bridgehead atoms. The summed E-state index contributed by atoms with van der Waals surface area (Å²) >= 11 is 0. The fourth-order valence-electron chi connectivity index (χ4n) is 5.36. The van der Waals surface area contributed by atoms with Crippen LogP contribution in [0.4, 0.5) is 20.6 Å². The van der Waals surface area contributed by atoms with Crippen molar-refractivity contribution >= 4 is 41.3 Å². The summed E-state index contributed by atoms with van der Waals surface area (Å²) in [6.07, 6.45) is 3.28. The molecule has 9 heteroatoms. The molecule has 4 unspecified atom stereocenters. The van der Waals surface area contributed by atoms with Crippen LogP contribution in [0, 0.1) is 17.7 Å². The Morgan fingerprint density at radius 3 is 2.13 bits per heavy atom. The van der Waals surface area contributed by atoms with Crippen molar-refractivity contribution in [3.05, 3.63) is 102 Å².